The van der Waals surface area contributed by atoms with Crippen LogP contribution >= 0.6 is 0 Å². The molecular formula is C21H18FNO4. The van der Waals surface area contributed by atoms with Gasteiger partial charge in [0, 0.05) is 22.6 Å². The molecular weight excluding hydrogens is 349 g/mol. The van der Waals surface area contributed by atoms with Gasteiger partial charge >= 0.3 is 5.97 Å². The molecule has 5 nitrogen and oxygen atoms in total. The van der Waals surface area contributed by atoms with E-state index in [-0.39, 0.29) is 17.7 Å². The predicted octanol–water partition coefficient (Wildman–Crippen LogP) is 4.06. The van der Waals surface area contributed by atoms with Gasteiger partial charge in [-0.1, -0.05) is 30.3 Å². The zero-order valence-corrected chi connectivity index (χ0v) is 14.7. The Hall–Kier alpha value is -3.15. The average Bonchev–Trinajstić information content (AvgIpc) is 3.42. The van der Waals surface area contributed by atoms with Gasteiger partial charge in [0.05, 0.1) is 0 Å². The molecule has 1 aliphatic carbocycles. The summed E-state index contributed by atoms with van der Waals surface area (Å²) >= 11 is 0. The minimum atomic E-state index is -1.08. The molecule has 1 N–H and O–H groups in total. The number of rotatable bonds is 5. The van der Waals surface area contributed by atoms with E-state index in [0.717, 1.165) is 12.8 Å². The van der Waals surface area contributed by atoms with Crippen molar-refractivity contribution >= 4 is 22.8 Å². The van der Waals surface area contributed by atoms with Crippen molar-refractivity contribution in [2.45, 2.75) is 31.9 Å². The van der Waals surface area contributed by atoms with Crippen LogP contribution < -0.4 is 5.32 Å². The van der Waals surface area contributed by atoms with Gasteiger partial charge in [0.25, 0.3) is 5.91 Å². The normalized spacial score (nSPS) is 14.7. The highest BCUT2D eigenvalue weighted by molar-refractivity contribution is 5.97. The number of nitrogens with one attached hydrogen (secondary N) is 1. The summed E-state index contributed by atoms with van der Waals surface area (Å²) in [6.07, 6.45) is 0.772. The molecule has 1 aliphatic rings. The first-order valence-corrected chi connectivity index (χ1v) is 8.78. The largest absolute Gasteiger partial charge is 0.449 e. The first-order valence-electron chi connectivity index (χ1n) is 8.78. The van der Waals surface area contributed by atoms with Crippen molar-refractivity contribution < 1.29 is 23.1 Å². The van der Waals surface area contributed by atoms with Crippen LogP contribution in [0.5, 0.6) is 0 Å². The Labute approximate surface area is 155 Å². The molecule has 0 aliphatic heterocycles. The van der Waals surface area contributed by atoms with Crippen LogP contribution in [0.2, 0.25) is 0 Å². The number of fused-ring (bicyclic) bond motifs is 1. The summed E-state index contributed by atoms with van der Waals surface area (Å²) in [5.41, 5.74) is 1.44. The monoisotopic (exact) mass is 367 g/mol. The van der Waals surface area contributed by atoms with Gasteiger partial charge in [0.15, 0.2) is 0 Å². The number of furan rings is 1. The molecule has 1 fully saturated rings. The fourth-order valence-corrected chi connectivity index (χ4v) is 2.95. The highest BCUT2D eigenvalue weighted by Gasteiger charge is 2.32. The molecule has 1 amide bonds. The summed E-state index contributed by atoms with van der Waals surface area (Å²) in [5.74, 6) is -1.58. The van der Waals surface area contributed by atoms with E-state index in [1.165, 1.54) is 18.2 Å². The standard InChI is InChI=1S/C21H18FNO4/c1-12-16-11-14(22)7-10-17(16)26-18(12)21(25)27-19(13-5-3-2-4-6-13)20(24)23-15-8-9-15/h2-7,10-11,15,19H,8-9H2,1H3,(H,23,24)/t19-/m1/s1. The molecule has 27 heavy (non-hydrogen) atoms. The average molecular weight is 367 g/mol. The second-order valence-electron chi connectivity index (χ2n) is 6.68. The lowest BCUT2D eigenvalue weighted by Crippen LogP contribution is -2.33. The molecule has 0 bridgehead atoms. The molecule has 4 rings (SSSR count). The minimum absolute atomic E-state index is 0.0317. The first kappa shape index (κ1) is 17.3. The summed E-state index contributed by atoms with van der Waals surface area (Å²) in [6, 6.07) is 13.0. The quantitative estimate of drug-likeness (QED) is 0.691. The van der Waals surface area contributed by atoms with Crippen molar-refractivity contribution in [2.75, 3.05) is 0 Å². The van der Waals surface area contributed by atoms with Crippen molar-refractivity contribution in [3.8, 4) is 0 Å². The molecule has 1 heterocycles. The van der Waals surface area contributed by atoms with Crippen LogP contribution in [-0.2, 0) is 9.53 Å². The lowest BCUT2D eigenvalue weighted by atomic mass is 10.1. The summed E-state index contributed by atoms with van der Waals surface area (Å²) < 4.78 is 24.5. The third-order valence-electron chi connectivity index (χ3n) is 4.57. The van der Waals surface area contributed by atoms with E-state index >= 15 is 0 Å². The maximum atomic E-state index is 13.5. The number of esters is 1. The Kier molecular flexibility index (Phi) is 4.39. The Morgan fingerprint density at radius 3 is 2.63 bits per heavy atom. The predicted molar refractivity (Wildman–Crippen MR) is 96.7 cm³/mol. The molecule has 0 radical (unpaired) electrons. The maximum Gasteiger partial charge on any atom is 0.375 e. The smallest absolute Gasteiger partial charge is 0.375 e. The molecule has 1 saturated carbocycles. The van der Waals surface area contributed by atoms with E-state index in [2.05, 4.69) is 5.32 Å². The van der Waals surface area contributed by atoms with Crippen LogP contribution in [0.25, 0.3) is 11.0 Å². The number of ether oxygens (including phenoxy) is 1. The van der Waals surface area contributed by atoms with Crippen molar-refractivity contribution in [2.24, 2.45) is 0 Å². The number of hydrogen-bond donors (Lipinski definition) is 1. The van der Waals surface area contributed by atoms with Gasteiger partial charge in [0.1, 0.15) is 11.4 Å². The fourth-order valence-electron chi connectivity index (χ4n) is 2.95. The maximum absolute atomic E-state index is 13.5. The van der Waals surface area contributed by atoms with Crippen molar-refractivity contribution in [3.05, 3.63) is 71.2 Å². The third-order valence-corrected chi connectivity index (χ3v) is 4.57. The van der Waals surface area contributed by atoms with Gasteiger partial charge in [-0.15, -0.1) is 0 Å². The number of carbonyl (C=O) groups excluding carboxylic acids is 2. The topological polar surface area (TPSA) is 68.5 Å². The van der Waals surface area contributed by atoms with E-state index in [0.29, 0.717) is 22.1 Å². The minimum Gasteiger partial charge on any atom is -0.449 e. The molecule has 2 aromatic carbocycles. The number of hydrogen-bond acceptors (Lipinski definition) is 4. The van der Waals surface area contributed by atoms with Crippen LogP contribution in [0, 0.1) is 12.7 Å². The Bertz CT molecular complexity index is 1010. The molecule has 1 atom stereocenters. The second kappa shape index (κ2) is 6.87. The third kappa shape index (κ3) is 3.56. The summed E-state index contributed by atoms with van der Waals surface area (Å²) in [6.45, 7) is 1.66. The van der Waals surface area contributed by atoms with Gasteiger partial charge in [-0.2, -0.15) is 0 Å². The number of carbonyl (C=O) groups is 2. The van der Waals surface area contributed by atoms with Crippen LogP contribution in [0.15, 0.2) is 52.9 Å². The highest BCUT2D eigenvalue weighted by atomic mass is 19.1. The van der Waals surface area contributed by atoms with Gasteiger partial charge in [-0.05, 0) is 38.0 Å². The molecule has 0 spiro atoms. The number of amides is 1. The molecule has 6 heteroatoms. The second-order valence-corrected chi connectivity index (χ2v) is 6.68. The van der Waals surface area contributed by atoms with Gasteiger partial charge in [-0.25, -0.2) is 9.18 Å². The van der Waals surface area contributed by atoms with Crippen LogP contribution in [0.3, 0.4) is 0 Å². The summed E-state index contributed by atoms with van der Waals surface area (Å²) in [7, 11) is 0. The first-order chi connectivity index (χ1) is 13.0. The molecule has 3 aromatic rings. The van der Waals surface area contributed by atoms with Crippen LogP contribution in [-0.4, -0.2) is 17.9 Å². The van der Waals surface area contributed by atoms with Gasteiger partial charge in [-0.3, -0.25) is 4.79 Å². The number of benzene rings is 2. The highest BCUT2D eigenvalue weighted by Crippen LogP contribution is 2.29. The van der Waals surface area contributed by atoms with Crippen molar-refractivity contribution in [1.29, 1.82) is 0 Å². The summed E-state index contributed by atoms with van der Waals surface area (Å²) in [5, 5.41) is 3.36. The number of aryl methyl sites for hydroxylation is 1. The van der Waals surface area contributed by atoms with Gasteiger partial charge < -0.3 is 14.5 Å². The van der Waals surface area contributed by atoms with E-state index < -0.39 is 17.9 Å². The molecule has 0 unspecified atom stereocenters. The lowest BCUT2D eigenvalue weighted by Gasteiger charge is -2.17. The van der Waals surface area contributed by atoms with Gasteiger partial charge in [0.2, 0.25) is 11.9 Å². The number of halogens is 1. The summed E-state index contributed by atoms with van der Waals surface area (Å²) in [4.78, 5) is 25.3. The molecule has 1 aromatic heterocycles. The van der Waals surface area contributed by atoms with Crippen molar-refractivity contribution in [3.63, 3.8) is 0 Å². The molecule has 0 saturated heterocycles. The van der Waals surface area contributed by atoms with E-state index in [1.807, 2.05) is 6.07 Å². The van der Waals surface area contributed by atoms with Crippen LogP contribution in [0.1, 0.15) is 40.6 Å². The lowest BCUT2D eigenvalue weighted by molar-refractivity contribution is -0.130. The van der Waals surface area contributed by atoms with E-state index in [1.54, 1.807) is 31.2 Å². The SMILES string of the molecule is Cc1c(C(=O)O[C@@H](C(=O)NC2CC2)c2ccccc2)oc2ccc(F)cc12. The van der Waals surface area contributed by atoms with Crippen LogP contribution in [0.4, 0.5) is 4.39 Å². The van der Waals surface area contributed by atoms with E-state index in [9.17, 15) is 14.0 Å². The van der Waals surface area contributed by atoms with E-state index in [4.69, 9.17) is 9.15 Å². The fraction of sp³-hybridized carbons (Fsp3) is 0.238. The molecule has 138 valence electrons. The Morgan fingerprint density at radius 1 is 1.19 bits per heavy atom. The zero-order valence-electron chi connectivity index (χ0n) is 14.7. The zero-order chi connectivity index (χ0) is 19.0. The Balaban J connectivity index is 1.63. The van der Waals surface area contributed by atoms with Crippen molar-refractivity contribution in [1.82, 2.24) is 5.32 Å². The Morgan fingerprint density at radius 2 is 1.93 bits per heavy atom.